The summed E-state index contributed by atoms with van der Waals surface area (Å²) in [6.45, 7) is 5.77. The van der Waals surface area contributed by atoms with Crippen LogP contribution >= 0.6 is 0 Å². The smallest absolute Gasteiger partial charge is 0.466 e. The van der Waals surface area contributed by atoms with Crippen LogP contribution in [0.25, 0.3) is 0 Å². The van der Waals surface area contributed by atoms with Crippen molar-refractivity contribution in [2.45, 2.75) is 19.8 Å². The maximum Gasteiger partial charge on any atom is 2.00 e. The van der Waals surface area contributed by atoms with E-state index in [0.717, 1.165) is 0 Å². The molecule has 0 rings (SSSR count). The van der Waals surface area contributed by atoms with Crippen LogP contribution < -0.4 is 0 Å². The van der Waals surface area contributed by atoms with Crippen LogP contribution in [0.3, 0.4) is 0 Å². The van der Waals surface area contributed by atoms with Gasteiger partial charge in [-0.25, -0.2) is 0 Å². The number of ether oxygens (including phenoxy) is 1. The van der Waals surface area contributed by atoms with Crippen molar-refractivity contribution < 1.29 is 29.0 Å². The van der Waals surface area contributed by atoms with E-state index in [1.54, 1.807) is 6.92 Å². The zero-order valence-electron chi connectivity index (χ0n) is 6.85. The van der Waals surface area contributed by atoms with E-state index in [9.17, 15) is 4.79 Å². The molecule has 0 aromatic carbocycles. The van der Waals surface area contributed by atoms with E-state index in [1.165, 1.54) is 0 Å². The second kappa shape index (κ2) is 11.8. The van der Waals surface area contributed by atoms with Crippen molar-refractivity contribution in [1.29, 1.82) is 0 Å². The molecule has 0 atom stereocenters. The Kier molecular flexibility index (Phi) is 19.6. The molecule has 0 bridgehead atoms. The minimum absolute atomic E-state index is 0. The third-order valence-corrected chi connectivity index (χ3v) is 0.686. The van der Waals surface area contributed by atoms with Gasteiger partial charge in [0.2, 0.25) is 0 Å². The zero-order valence-corrected chi connectivity index (χ0v) is 9.82. The molecule has 56 valence electrons. The third kappa shape index (κ3) is 11.0. The van der Waals surface area contributed by atoms with Gasteiger partial charge in [-0.05, 0) is 6.92 Å². The fourth-order valence-electron chi connectivity index (χ4n) is 0.377. The van der Waals surface area contributed by atoms with Gasteiger partial charge in [0.25, 0.3) is 0 Å². The molecule has 0 fully saturated rings. The molecule has 0 radical (unpaired) electrons. The van der Waals surface area contributed by atoms with Crippen LogP contribution in [0.1, 0.15) is 19.8 Å². The topological polar surface area (TPSA) is 26.3 Å². The van der Waals surface area contributed by atoms with Gasteiger partial charge in [-0.2, -0.15) is 6.42 Å². The summed E-state index contributed by atoms with van der Waals surface area (Å²) < 4.78 is 4.60. The first kappa shape index (κ1) is 16.6. The number of hydrogen-bond donors (Lipinski definition) is 0. The third-order valence-electron chi connectivity index (χ3n) is 0.686. The molecule has 0 spiro atoms. The summed E-state index contributed by atoms with van der Waals surface area (Å²) in [4.78, 5) is 10.4. The van der Waals surface area contributed by atoms with E-state index in [4.69, 9.17) is 0 Å². The molecule has 0 heterocycles. The Morgan fingerprint density at radius 2 is 2.10 bits per heavy atom. The van der Waals surface area contributed by atoms with Gasteiger partial charge in [-0.3, -0.25) is 4.79 Å². The first-order chi connectivity index (χ1) is 3.81. The van der Waals surface area contributed by atoms with Crippen LogP contribution in [0, 0.1) is 14.4 Å². The van der Waals surface area contributed by atoms with Crippen molar-refractivity contribution >= 4 is 5.97 Å². The first-order valence-electron chi connectivity index (χ1n) is 2.76. The van der Waals surface area contributed by atoms with Gasteiger partial charge in [0.05, 0.1) is 6.61 Å². The predicted octanol–water partition coefficient (Wildman–Crippen LogP) is 1.61. The van der Waals surface area contributed by atoms with Gasteiger partial charge in [-0.1, -0.05) is 0 Å². The Bertz CT molecular complexity index is 66.0. The van der Waals surface area contributed by atoms with E-state index in [0.29, 0.717) is 19.4 Å². The molecule has 0 unspecified atom stereocenters. The van der Waals surface area contributed by atoms with Gasteiger partial charge in [-0.15, -0.1) is 0 Å². The van der Waals surface area contributed by atoms with Crippen LogP contribution in [-0.2, 0) is 29.0 Å². The van der Waals surface area contributed by atoms with Gasteiger partial charge >= 0.3 is 25.4 Å². The predicted molar refractivity (Wildman–Crippen MR) is 37.6 cm³/mol. The molecule has 0 aromatic heterocycles. The summed E-state index contributed by atoms with van der Waals surface area (Å²) in [5.41, 5.74) is 0. The normalized spacial score (nSPS) is 7.00. The molecule has 0 aliphatic rings. The number of carbonyl (C=O) groups is 1. The molecular formula is C7H14O2Zn. The number of carbonyl (C=O) groups excluding carboxylic acids is 1. The fourth-order valence-corrected chi connectivity index (χ4v) is 0.377. The van der Waals surface area contributed by atoms with Crippen LogP contribution in [0.2, 0.25) is 0 Å². The van der Waals surface area contributed by atoms with Crippen molar-refractivity contribution in [1.82, 2.24) is 0 Å². The molecule has 0 saturated heterocycles. The molecule has 0 saturated carbocycles. The van der Waals surface area contributed by atoms with Crippen molar-refractivity contribution in [3.8, 4) is 0 Å². The Morgan fingerprint density at radius 3 is 2.40 bits per heavy atom. The van der Waals surface area contributed by atoms with Crippen LogP contribution in [0.15, 0.2) is 0 Å². The molecule has 0 aliphatic heterocycles. The largest absolute Gasteiger partial charge is 2.00 e. The minimum Gasteiger partial charge on any atom is -0.466 e. The van der Waals surface area contributed by atoms with Crippen LogP contribution in [0.4, 0.5) is 0 Å². The van der Waals surface area contributed by atoms with Crippen molar-refractivity contribution in [2.75, 3.05) is 6.61 Å². The van der Waals surface area contributed by atoms with Gasteiger partial charge in [0.15, 0.2) is 0 Å². The standard InChI is InChI=1S/C6H11O2.CH3.Zn/c1-3-5-6(7)8-4-2;;/h1,3-5H2,2H3;1H3;/q2*-1;+2. The van der Waals surface area contributed by atoms with Gasteiger partial charge < -0.3 is 19.1 Å². The van der Waals surface area contributed by atoms with Gasteiger partial charge in [0, 0.05) is 6.42 Å². The molecule has 0 aliphatic carbocycles. The second-order valence-corrected chi connectivity index (χ2v) is 1.41. The van der Waals surface area contributed by atoms with Crippen LogP contribution in [0.5, 0.6) is 0 Å². The van der Waals surface area contributed by atoms with Crippen molar-refractivity contribution in [3.63, 3.8) is 0 Å². The van der Waals surface area contributed by atoms with E-state index in [1.807, 2.05) is 0 Å². The quantitative estimate of drug-likeness (QED) is 0.389. The molecule has 2 nitrogen and oxygen atoms in total. The summed E-state index contributed by atoms with van der Waals surface area (Å²) in [5, 5.41) is 0. The Labute approximate surface area is 76.1 Å². The molecule has 0 aromatic rings. The van der Waals surface area contributed by atoms with Crippen LogP contribution in [-0.4, -0.2) is 12.6 Å². The first-order valence-corrected chi connectivity index (χ1v) is 2.76. The molecule has 3 heteroatoms. The van der Waals surface area contributed by atoms with E-state index in [-0.39, 0.29) is 32.9 Å². The monoisotopic (exact) mass is 194 g/mol. The summed E-state index contributed by atoms with van der Waals surface area (Å²) in [6, 6.07) is 0. The number of rotatable bonds is 3. The Balaban J connectivity index is -0.000000245. The fraction of sp³-hybridized carbons (Fsp3) is 0.571. The summed E-state index contributed by atoms with van der Waals surface area (Å²) in [5.74, 6) is -0.150. The summed E-state index contributed by atoms with van der Waals surface area (Å²) in [7, 11) is 0. The van der Waals surface area contributed by atoms with E-state index in [2.05, 4.69) is 11.7 Å². The average molecular weight is 196 g/mol. The van der Waals surface area contributed by atoms with E-state index < -0.39 is 0 Å². The molecule has 0 amide bonds. The molecular weight excluding hydrogens is 181 g/mol. The Hall–Kier alpha value is 0.0934. The van der Waals surface area contributed by atoms with Gasteiger partial charge in [0.1, 0.15) is 0 Å². The maximum atomic E-state index is 10.4. The number of hydrogen-bond acceptors (Lipinski definition) is 2. The van der Waals surface area contributed by atoms with Crippen molar-refractivity contribution in [3.05, 3.63) is 14.4 Å². The SMILES string of the molecule is [CH2-]CCC(=O)OCC.[CH3-].[Zn+2]. The summed E-state index contributed by atoms with van der Waals surface area (Å²) in [6.07, 6.45) is 1.06. The Morgan fingerprint density at radius 1 is 1.60 bits per heavy atom. The van der Waals surface area contributed by atoms with Crippen molar-refractivity contribution in [2.24, 2.45) is 0 Å². The molecule has 10 heavy (non-hydrogen) atoms. The average Bonchev–Trinajstić information content (AvgIpc) is 1.68. The summed E-state index contributed by atoms with van der Waals surface area (Å²) >= 11 is 0. The molecule has 0 N–H and O–H groups in total. The zero-order chi connectivity index (χ0) is 6.41. The van der Waals surface area contributed by atoms with E-state index >= 15 is 0 Å². The second-order valence-electron chi connectivity index (χ2n) is 1.41. The number of esters is 1. The minimum atomic E-state index is -0.150. The maximum absolute atomic E-state index is 10.4.